The fourth-order valence-corrected chi connectivity index (χ4v) is 0.981. The van der Waals surface area contributed by atoms with Crippen LogP contribution in [0.5, 0.6) is 0 Å². The zero-order chi connectivity index (χ0) is 56.3. The molecular weight excluding hydrogens is 902 g/mol. The number of non-ortho nitro benzene ring substituents is 1. The molecule has 1 aromatic carbocycles. The molecule has 0 radical (unpaired) electrons. The summed E-state index contributed by atoms with van der Waals surface area (Å²) < 4.78 is 0. The SMILES string of the molecule is CC(C)c1ccc([N+](=O)[O-])cc1.CCC(=O)O.CCC(=O)O.CCC(=O)O.CCC(=O)O.CCC(=O)O.CCC(=O)O.CCC(=O)O.CCC(=O)O.CCC(=O)O.CCC(=O)O.CCC(=O)O. The number of aliphatic carboxylic acids is 11. The Balaban J connectivity index is -0.0000000577. The van der Waals surface area contributed by atoms with Crippen molar-refractivity contribution in [2.45, 2.75) is 167 Å². The molecule has 0 spiro atoms. The highest BCUT2D eigenvalue weighted by atomic mass is 16.6. The number of carboxylic acid groups (broad SMARTS) is 11. The molecule has 25 heteroatoms. The van der Waals surface area contributed by atoms with Gasteiger partial charge < -0.3 is 56.2 Å². The van der Waals surface area contributed by atoms with Crippen LogP contribution < -0.4 is 0 Å². The fourth-order valence-electron chi connectivity index (χ4n) is 0.981. The van der Waals surface area contributed by atoms with Crippen LogP contribution >= 0.6 is 0 Å². The number of nitrogens with zero attached hydrogens (tertiary/aromatic N) is 1. The summed E-state index contributed by atoms with van der Waals surface area (Å²) in [5.74, 6) is -7.78. The lowest BCUT2D eigenvalue weighted by atomic mass is 10.0. The molecule has 0 saturated heterocycles. The molecule has 0 aliphatic carbocycles. The second kappa shape index (κ2) is 70.5. The van der Waals surface area contributed by atoms with E-state index in [1.165, 1.54) is 12.1 Å². The number of carbonyl (C=O) groups is 11. The van der Waals surface area contributed by atoms with E-state index in [2.05, 4.69) is 13.8 Å². The quantitative estimate of drug-likeness (QED) is 0.0658. The van der Waals surface area contributed by atoms with Crippen molar-refractivity contribution < 1.29 is 114 Å². The van der Waals surface area contributed by atoms with E-state index in [1.54, 1.807) is 88.3 Å². The Labute approximate surface area is 391 Å². The molecule has 0 atom stereocenters. The highest BCUT2D eigenvalue weighted by Gasteiger charge is 2.05. The number of nitro groups is 1. The molecule has 0 aliphatic heterocycles. The molecule has 11 N–H and O–H groups in total. The van der Waals surface area contributed by atoms with Gasteiger partial charge in [-0.15, -0.1) is 0 Å². The van der Waals surface area contributed by atoms with Crippen LogP contribution in [0.2, 0.25) is 0 Å². The van der Waals surface area contributed by atoms with Gasteiger partial charge >= 0.3 is 65.7 Å². The first kappa shape index (κ1) is 86.8. The minimum Gasteiger partial charge on any atom is -0.481 e. The number of hydrogen-bond acceptors (Lipinski definition) is 13. The predicted molar refractivity (Wildman–Crippen MR) is 244 cm³/mol. The summed E-state index contributed by atoms with van der Waals surface area (Å²) in [6, 6.07) is 6.66. The second-order valence-corrected chi connectivity index (χ2v) is 11.2. The monoisotopic (exact) mass is 979 g/mol. The molecule has 0 unspecified atom stereocenters. The summed E-state index contributed by atoms with van der Waals surface area (Å²) in [5.41, 5.74) is 1.28. The summed E-state index contributed by atoms with van der Waals surface area (Å²) in [7, 11) is 0. The van der Waals surface area contributed by atoms with Crippen molar-refractivity contribution in [3.63, 3.8) is 0 Å². The van der Waals surface area contributed by atoms with E-state index in [-0.39, 0.29) is 81.2 Å². The van der Waals surface area contributed by atoms with Crippen LogP contribution in [0.4, 0.5) is 5.69 Å². The second-order valence-electron chi connectivity index (χ2n) is 11.2. The average molecular weight is 980 g/mol. The molecule has 0 aromatic heterocycles. The molecule has 0 amide bonds. The van der Waals surface area contributed by atoms with Gasteiger partial charge in [-0.1, -0.05) is 102 Å². The van der Waals surface area contributed by atoms with Gasteiger partial charge in [0.25, 0.3) is 5.69 Å². The van der Waals surface area contributed by atoms with Crippen molar-refractivity contribution in [1.82, 2.24) is 0 Å². The summed E-state index contributed by atoms with van der Waals surface area (Å²) in [5, 5.41) is 95.2. The Morgan fingerprint density at radius 2 is 0.448 bits per heavy atom. The van der Waals surface area contributed by atoms with E-state index in [4.69, 9.17) is 56.2 Å². The average Bonchev–Trinajstić information content (AvgIpc) is 3.28. The third kappa shape index (κ3) is 176. The molecule has 1 rings (SSSR count). The molecular formula is C42H77NO24. The first-order valence-corrected chi connectivity index (χ1v) is 20.2. The van der Waals surface area contributed by atoms with E-state index in [0.717, 1.165) is 5.56 Å². The minimum atomic E-state index is -0.745. The van der Waals surface area contributed by atoms with Crippen LogP contribution in [0.1, 0.15) is 172 Å². The zero-order valence-electron chi connectivity index (χ0n) is 40.8. The lowest BCUT2D eigenvalue weighted by Crippen LogP contribution is -1.90. The molecule has 1 aromatic rings. The topological polar surface area (TPSA) is 453 Å². The van der Waals surface area contributed by atoms with Crippen LogP contribution in [0.15, 0.2) is 24.3 Å². The summed E-state index contributed by atoms with van der Waals surface area (Å²) in [6.45, 7) is 21.7. The van der Waals surface area contributed by atoms with Gasteiger partial charge in [-0.25, -0.2) is 0 Å². The standard InChI is InChI=1S/C9H11NO2.11C3H6O2/c1-7(2)8-3-5-9(6-4-8)10(11)12;11*1-2-3(4)5/h3-7H,1-2H3;11*2H2,1H3,(H,4,5). The Kier molecular flexibility index (Phi) is 91.3. The zero-order valence-corrected chi connectivity index (χ0v) is 40.8. The number of benzene rings is 1. The van der Waals surface area contributed by atoms with Gasteiger partial charge in [-0.2, -0.15) is 0 Å². The van der Waals surface area contributed by atoms with Crippen molar-refractivity contribution >= 4 is 71.3 Å². The van der Waals surface area contributed by atoms with E-state index < -0.39 is 65.7 Å². The molecule has 0 bridgehead atoms. The summed E-state index contributed by atoms with van der Waals surface area (Å²) in [4.78, 5) is 113. The predicted octanol–water partition coefficient (Wildman–Crippen LogP) is 8.01. The molecule has 0 saturated carbocycles. The first-order valence-electron chi connectivity index (χ1n) is 20.2. The molecule has 67 heavy (non-hydrogen) atoms. The van der Waals surface area contributed by atoms with E-state index in [1.807, 2.05) is 0 Å². The summed E-state index contributed by atoms with van der Waals surface area (Å²) >= 11 is 0. The van der Waals surface area contributed by atoms with Gasteiger partial charge in [0.1, 0.15) is 0 Å². The Morgan fingerprint density at radius 3 is 0.507 bits per heavy atom. The molecule has 0 fully saturated rings. The summed E-state index contributed by atoms with van der Waals surface area (Å²) in [6.07, 6.45) is 2.44. The maximum atomic E-state index is 10.3. The van der Waals surface area contributed by atoms with Gasteiger partial charge in [0.05, 0.1) is 4.92 Å². The van der Waals surface area contributed by atoms with Gasteiger partial charge in [-0.3, -0.25) is 62.9 Å². The van der Waals surface area contributed by atoms with Crippen LogP contribution in [0, 0.1) is 10.1 Å². The minimum absolute atomic E-state index is 0.152. The molecule has 25 nitrogen and oxygen atoms in total. The third-order valence-corrected chi connectivity index (χ3v) is 5.10. The lowest BCUT2D eigenvalue weighted by Gasteiger charge is -2.02. The Morgan fingerprint density at radius 1 is 0.343 bits per heavy atom. The van der Waals surface area contributed by atoms with E-state index in [9.17, 15) is 62.9 Å². The molecule has 0 aliphatic rings. The number of rotatable bonds is 13. The third-order valence-electron chi connectivity index (χ3n) is 5.10. The highest BCUT2D eigenvalue weighted by Crippen LogP contribution is 2.18. The largest absolute Gasteiger partial charge is 0.481 e. The van der Waals surface area contributed by atoms with Crippen LogP contribution in [-0.4, -0.2) is 127 Å². The van der Waals surface area contributed by atoms with Crippen LogP contribution in [0.3, 0.4) is 0 Å². The fraction of sp³-hybridized carbons (Fsp3) is 0.595. The van der Waals surface area contributed by atoms with Crippen molar-refractivity contribution in [1.29, 1.82) is 0 Å². The normalized spacial score (nSPS) is 7.91. The number of hydrogen-bond donors (Lipinski definition) is 11. The molecule has 0 heterocycles. The van der Waals surface area contributed by atoms with Crippen molar-refractivity contribution in [2.75, 3.05) is 0 Å². The van der Waals surface area contributed by atoms with Crippen molar-refractivity contribution in [3.05, 3.63) is 39.9 Å². The van der Waals surface area contributed by atoms with Crippen molar-refractivity contribution in [3.8, 4) is 0 Å². The molecule has 394 valence electrons. The lowest BCUT2D eigenvalue weighted by molar-refractivity contribution is -0.384. The van der Waals surface area contributed by atoms with Crippen molar-refractivity contribution in [2.24, 2.45) is 0 Å². The van der Waals surface area contributed by atoms with Crippen LogP contribution in [0.25, 0.3) is 0 Å². The van der Waals surface area contributed by atoms with E-state index >= 15 is 0 Å². The Hall–Kier alpha value is -7.21. The number of carboxylic acids is 11. The van der Waals surface area contributed by atoms with Gasteiger partial charge in [-0.05, 0) is 11.5 Å². The maximum absolute atomic E-state index is 10.3. The highest BCUT2D eigenvalue weighted by molar-refractivity contribution is 5.68. The smallest absolute Gasteiger partial charge is 0.303 e. The number of nitro benzene ring substituents is 1. The van der Waals surface area contributed by atoms with Gasteiger partial charge in [0.15, 0.2) is 0 Å². The van der Waals surface area contributed by atoms with Crippen LogP contribution in [-0.2, 0) is 52.7 Å². The maximum Gasteiger partial charge on any atom is 0.303 e. The Bertz CT molecular complexity index is 1180. The van der Waals surface area contributed by atoms with E-state index in [0.29, 0.717) is 5.92 Å². The van der Waals surface area contributed by atoms with Gasteiger partial charge in [0.2, 0.25) is 0 Å². The van der Waals surface area contributed by atoms with Gasteiger partial charge in [0, 0.05) is 82.8 Å². The first-order chi connectivity index (χ1) is 30.6.